The molecule has 0 bridgehead atoms. The second-order valence-electron chi connectivity index (χ2n) is 4.66. The summed E-state index contributed by atoms with van der Waals surface area (Å²) >= 11 is 0. The highest BCUT2D eigenvalue weighted by molar-refractivity contribution is 5.26. The quantitative estimate of drug-likeness (QED) is 0.854. The van der Waals surface area contributed by atoms with E-state index in [1.54, 1.807) is 11.0 Å². The van der Waals surface area contributed by atoms with Gasteiger partial charge in [0.1, 0.15) is 29.9 Å². The van der Waals surface area contributed by atoms with Crippen LogP contribution in [0.2, 0.25) is 0 Å². The Bertz CT molecular complexity index is 565. The molecule has 0 aliphatic carbocycles. The molecule has 100 valence electrons. The van der Waals surface area contributed by atoms with Crippen molar-refractivity contribution in [3.05, 3.63) is 48.1 Å². The van der Waals surface area contributed by atoms with E-state index in [4.69, 9.17) is 4.74 Å². The van der Waals surface area contributed by atoms with Crippen molar-refractivity contribution >= 4 is 0 Å². The molecule has 1 atom stereocenters. The van der Waals surface area contributed by atoms with Crippen LogP contribution in [0.1, 0.15) is 18.4 Å². The van der Waals surface area contributed by atoms with Crippen LogP contribution >= 0.6 is 0 Å². The Kier molecular flexibility index (Phi) is 3.02. The van der Waals surface area contributed by atoms with Gasteiger partial charge in [0, 0.05) is 18.2 Å². The number of hydrogen-bond acceptors (Lipinski definition) is 3. The molecule has 1 aromatic heterocycles. The number of rotatable bonds is 3. The minimum atomic E-state index is -0.786. The predicted molar refractivity (Wildman–Crippen MR) is 63.2 cm³/mol. The molecule has 0 N–H and O–H groups in total. The van der Waals surface area contributed by atoms with Crippen LogP contribution in [0, 0.1) is 11.6 Å². The van der Waals surface area contributed by atoms with Crippen molar-refractivity contribution in [3.8, 4) is 0 Å². The Morgan fingerprint density at radius 2 is 2.26 bits per heavy atom. The highest BCUT2D eigenvalue weighted by atomic mass is 19.1. The average Bonchev–Trinajstić information content (AvgIpc) is 3.02. The van der Waals surface area contributed by atoms with E-state index in [-0.39, 0.29) is 0 Å². The Hall–Kier alpha value is -1.82. The molecular weight excluding hydrogens is 252 g/mol. The molecule has 3 rings (SSSR count). The molecule has 0 saturated carbocycles. The fraction of sp³-hybridized carbons (Fsp3) is 0.385. The van der Waals surface area contributed by atoms with E-state index >= 15 is 0 Å². The smallest absolute Gasteiger partial charge is 0.137 e. The summed E-state index contributed by atoms with van der Waals surface area (Å²) in [5.74, 6) is -1.17. The van der Waals surface area contributed by atoms with Gasteiger partial charge in [-0.1, -0.05) is 6.07 Å². The van der Waals surface area contributed by atoms with Crippen molar-refractivity contribution in [1.82, 2.24) is 14.8 Å². The number of nitrogens with zero attached hydrogens (tertiary/aromatic N) is 3. The third kappa shape index (κ3) is 2.23. The second-order valence-corrected chi connectivity index (χ2v) is 4.66. The van der Waals surface area contributed by atoms with Gasteiger partial charge in [-0.3, -0.25) is 0 Å². The zero-order valence-electron chi connectivity index (χ0n) is 10.2. The number of ether oxygens (including phenoxy) is 1. The molecule has 0 spiro atoms. The first kappa shape index (κ1) is 12.2. The van der Waals surface area contributed by atoms with Crippen LogP contribution in [-0.2, 0) is 16.9 Å². The minimum absolute atomic E-state index is 0.371. The standard InChI is InChI=1S/C13H13F2N3O/c14-10-2-3-11(12(15)6-10)13(4-1-5-19-13)7-18-9-16-8-17-18/h2-3,6,8-9H,1,4-5,7H2. The molecule has 19 heavy (non-hydrogen) atoms. The lowest BCUT2D eigenvalue weighted by molar-refractivity contribution is -0.0197. The number of benzene rings is 1. The molecular formula is C13H13F2N3O. The van der Waals surface area contributed by atoms with Crippen molar-refractivity contribution in [2.24, 2.45) is 0 Å². The Morgan fingerprint density at radius 1 is 1.37 bits per heavy atom. The van der Waals surface area contributed by atoms with E-state index in [0.717, 1.165) is 12.5 Å². The maximum Gasteiger partial charge on any atom is 0.137 e. The van der Waals surface area contributed by atoms with E-state index in [0.29, 0.717) is 25.1 Å². The van der Waals surface area contributed by atoms with E-state index in [1.807, 2.05) is 0 Å². The van der Waals surface area contributed by atoms with Gasteiger partial charge in [-0.2, -0.15) is 5.10 Å². The summed E-state index contributed by atoms with van der Waals surface area (Å²) in [4.78, 5) is 3.87. The predicted octanol–water partition coefficient (Wildman–Crippen LogP) is 2.26. The maximum atomic E-state index is 14.0. The van der Waals surface area contributed by atoms with Crippen molar-refractivity contribution in [2.75, 3.05) is 6.61 Å². The summed E-state index contributed by atoms with van der Waals surface area (Å²) in [5.41, 5.74) is -0.409. The van der Waals surface area contributed by atoms with Crippen LogP contribution in [0.4, 0.5) is 8.78 Å². The molecule has 0 amide bonds. The summed E-state index contributed by atoms with van der Waals surface area (Å²) in [5, 5.41) is 4.03. The summed E-state index contributed by atoms with van der Waals surface area (Å²) < 4.78 is 34.4. The molecule has 1 saturated heterocycles. The largest absolute Gasteiger partial charge is 0.368 e. The molecule has 6 heteroatoms. The number of hydrogen-bond donors (Lipinski definition) is 0. The van der Waals surface area contributed by atoms with E-state index in [9.17, 15) is 8.78 Å². The zero-order chi connectivity index (χ0) is 13.3. The van der Waals surface area contributed by atoms with Gasteiger partial charge in [0.05, 0.1) is 6.54 Å². The lowest BCUT2D eigenvalue weighted by atomic mass is 9.90. The van der Waals surface area contributed by atoms with Gasteiger partial charge in [0.2, 0.25) is 0 Å². The van der Waals surface area contributed by atoms with Gasteiger partial charge in [0.25, 0.3) is 0 Å². The third-order valence-corrected chi connectivity index (χ3v) is 3.41. The normalized spacial score (nSPS) is 22.8. The van der Waals surface area contributed by atoms with Crippen molar-refractivity contribution < 1.29 is 13.5 Å². The van der Waals surface area contributed by atoms with Crippen LogP contribution in [0.3, 0.4) is 0 Å². The summed E-state index contributed by atoms with van der Waals surface area (Å²) in [7, 11) is 0. The van der Waals surface area contributed by atoms with Crippen molar-refractivity contribution in [3.63, 3.8) is 0 Å². The van der Waals surface area contributed by atoms with Crippen molar-refractivity contribution in [2.45, 2.75) is 25.0 Å². The number of aromatic nitrogens is 3. The van der Waals surface area contributed by atoms with Gasteiger partial charge in [0.15, 0.2) is 0 Å². The topological polar surface area (TPSA) is 39.9 Å². The van der Waals surface area contributed by atoms with Crippen LogP contribution < -0.4 is 0 Å². The summed E-state index contributed by atoms with van der Waals surface area (Å²) in [6, 6.07) is 3.59. The monoisotopic (exact) mass is 265 g/mol. The average molecular weight is 265 g/mol. The Morgan fingerprint density at radius 3 is 2.89 bits per heavy atom. The second kappa shape index (κ2) is 4.70. The van der Waals surface area contributed by atoms with E-state index in [2.05, 4.69) is 10.1 Å². The Labute approximate surface area is 109 Å². The first-order valence-corrected chi connectivity index (χ1v) is 6.11. The van der Waals surface area contributed by atoms with Crippen LogP contribution in [0.15, 0.2) is 30.9 Å². The summed E-state index contributed by atoms with van der Waals surface area (Å²) in [6.45, 7) is 0.932. The number of halogens is 2. The first-order valence-electron chi connectivity index (χ1n) is 6.11. The van der Waals surface area contributed by atoms with Gasteiger partial charge < -0.3 is 4.74 Å². The molecule has 1 unspecified atom stereocenters. The third-order valence-electron chi connectivity index (χ3n) is 3.41. The van der Waals surface area contributed by atoms with Crippen LogP contribution in [0.25, 0.3) is 0 Å². The van der Waals surface area contributed by atoms with E-state index < -0.39 is 17.2 Å². The van der Waals surface area contributed by atoms with Gasteiger partial charge in [-0.05, 0) is 18.9 Å². The Balaban J connectivity index is 2.00. The molecule has 1 fully saturated rings. The SMILES string of the molecule is Fc1ccc(C2(Cn3cncn3)CCCO2)c(F)c1. The molecule has 1 aromatic carbocycles. The summed E-state index contributed by atoms with van der Waals surface area (Å²) in [6.07, 6.45) is 4.50. The highest BCUT2D eigenvalue weighted by Crippen LogP contribution is 2.38. The molecule has 2 aromatic rings. The fourth-order valence-corrected chi connectivity index (χ4v) is 2.55. The van der Waals surface area contributed by atoms with Crippen LogP contribution in [0.5, 0.6) is 0 Å². The van der Waals surface area contributed by atoms with Gasteiger partial charge in [-0.25, -0.2) is 18.4 Å². The van der Waals surface area contributed by atoms with Crippen molar-refractivity contribution in [1.29, 1.82) is 0 Å². The highest BCUT2D eigenvalue weighted by Gasteiger charge is 2.40. The zero-order valence-corrected chi connectivity index (χ0v) is 10.2. The van der Waals surface area contributed by atoms with Gasteiger partial charge >= 0.3 is 0 Å². The van der Waals surface area contributed by atoms with Crippen LogP contribution in [-0.4, -0.2) is 21.4 Å². The molecule has 2 heterocycles. The van der Waals surface area contributed by atoms with Gasteiger partial charge in [-0.15, -0.1) is 0 Å². The lowest BCUT2D eigenvalue weighted by Crippen LogP contribution is -2.32. The molecule has 4 nitrogen and oxygen atoms in total. The maximum absolute atomic E-state index is 14.0. The fourth-order valence-electron chi connectivity index (χ4n) is 2.55. The minimum Gasteiger partial charge on any atom is -0.368 e. The molecule has 0 radical (unpaired) electrons. The van der Waals surface area contributed by atoms with E-state index in [1.165, 1.54) is 18.5 Å². The first-order chi connectivity index (χ1) is 9.20. The lowest BCUT2D eigenvalue weighted by Gasteiger charge is -2.29. The molecule has 1 aliphatic heterocycles. The molecule has 1 aliphatic rings.